The minimum Gasteiger partial charge on any atom is -0.480 e. The van der Waals surface area contributed by atoms with Crippen LogP contribution in [0.2, 0.25) is 0 Å². The van der Waals surface area contributed by atoms with Gasteiger partial charge in [0.05, 0.1) is 19.5 Å². The Kier molecular flexibility index (Phi) is 6.12. The Morgan fingerprint density at radius 1 is 1.09 bits per heavy atom. The molecule has 0 aliphatic carbocycles. The first kappa shape index (κ1) is 23.1. The summed E-state index contributed by atoms with van der Waals surface area (Å²) in [6, 6.07) is 3.57. The molecular weight excluding hydrogens is 466 g/mol. The normalized spacial score (nSPS) is 11.4. The third-order valence-electron chi connectivity index (χ3n) is 4.49. The van der Waals surface area contributed by atoms with E-state index in [0.717, 1.165) is 12.1 Å². The lowest BCUT2D eigenvalue weighted by Gasteiger charge is -2.13. The second-order valence-electron chi connectivity index (χ2n) is 7.38. The summed E-state index contributed by atoms with van der Waals surface area (Å²) in [5.74, 6) is 4.32. The fourth-order valence-electron chi connectivity index (χ4n) is 2.93. The van der Waals surface area contributed by atoms with E-state index >= 15 is 0 Å². The van der Waals surface area contributed by atoms with Crippen molar-refractivity contribution in [3.63, 3.8) is 0 Å². The Hall–Kier alpha value is -4.11. The Morgan fingerprint density at radius 3 is 2.56 bits per heavy atom. The molecule has 0 saturated carbocycles. The molecule has 0 atom stereocenters. The van der Waals surface area contributed by atoms with E-state index in [-0.39, 0.29) is 17.5 Å². The SMILES string of the molecule is COc1ncc(-c2cnc3ncc(C#CC(C)C)n3n2)cc1NS(=O)(=O)c1ccc(F)cc1F. The van der Waals surface area contributed by atoms with Crippen LogP contribution < -0.4 is 9.46 Å². The van der Waals surface area contributed by atoms with Gasteiger partial charge < -0.3 is 4.74 Å². The van der Waals surface area contributed by atoms with Gasteiger partial charge in [0.15, 0.2) is 0 Å². The predicted molar refractivity (Wildman–Crippen MR) is 119 cm³/mol. The van der Waals surface area contributed by atoms with Crippen molar-refractivity contribution in [1.29, 1.82) is 0 Å². The van der Waals surface area contributed by atoms with Crippen LogP contribution in [0.5, 0.6) is 5.88 Å². The Bertz CT molecular complexity index is 1560. The molecule has 4 aromatic rings. The van der Waals surface area contributed by atoms with Crippen molar-refractivity contribution in [3.05, 3.63) is 60.2 Å². The smallest absolute Gasteiger partial charge is 0.264 e. The van der Waals surface area contributed by atoms with Gasteiger partial charge in [-0.2, -0.15) is 9.61 Å². The molecule has 0 aliphatic heterocycles. The molecule has 9 nitrogen and oxygen atoms in total. The van der Waals surface area contributed by atoms with Crippen molar-refractivity contribution in [2.24, 2.45) is 5.92 Å². The third-order valence-corrected chi connectivity index (χ3v) is 5.89. The number of halogens is 2. The summed E-state index contributed by atoms with van der Waals surface area (Å²) in [5.41, 5.74) is 1.20. The Balaban J connectivity index is 1.75. The summed E-state index contributed by atoms with van der Waals surface area (Å²) in [5, 5.41) is 4.49. The van der Waals surface area contributed by atoms with Crippen molar-refractivity contribution in [2.45, 2.75) is 18.7 Å². The molecule has 0 amide bonds. The molecule has 12 heteroatoms. The van der Waals surface area contributed by atoms with Gasteiger partial charge >= 0.3 is 0 Å². The largest absolute Gasteiger partial charge is 0.480 e. The number of pyridine rings is 1. The van der Waals surface area contributed by atoms with E-state index in [9.17, 15) is 17.2 Å². The second kappa shape index (κ2) is 9.03. The number of benzene rings is 1. The molecule has 3 heterocycles. The number of sulfonamides is 1. The minimum atomic E-state index is -4.42. The van der Waals surface area contributed by atoms with Gasteiger partial charge in [-0.3, -0.25) is 4.72 Å². The number of aromatic nitrogens is 5. The van der Waals surface area contributed by atoms with E-state index in [4.69, 9.17) is 4.74 Å². The number of hydrogen-bond donors (Lipinski definition) is 1. The molecule has 1 aromatic carbocycles. The average molecular weight is 484 g/mol. The first-order valence-electron chi connectivity index (χ1n) is 9.92. The summed E-state index contributed by atoms with van der Waals surface area (Å²) in [4.78, 5) is 11.8. The zero-order chi connectivity index (χ0) is 24.5. The van der Waals surface area contributed by atoms with Gasteiger partial charge in [-0.05, 0) is 24.1 Å². The minimum absolute atomic E-state index is 0.0602. The van der Waals surface area contributed by atoms with Gasteiger partial charge in [-0.25, -0.2) is 32.2 Å². The lowest BCUT2D eigenvalue weighted by molar-refractivity contribution is 0.400. The van der Waals surface area contributed by atoms with E-state index < -0.39 is 26.6 Å². The highest BCUT2D eigenvalue weighted by molar-refractivity contribution is 7.92. The molecule has 0 radical (unpaired) electrons. The van der Waals surface area contributed by atoms with Crippen LogP contribution in [0, 0.1) is 29.4 Å². The number of ether oxygens (including phenoxy) is 1. The van der Waals surface area contributed by atoms with E-state index in [1.54, 1.807) is 6.20 Å². The molecule has 1 N–H and O–H groups in total. The van der Waals surface area contributed by atoms with Gasteiger partial charge in [0, 0.05) is 23.7 Å². The molecule has 0 saturated heterocycles. The number of hydrogen-bond acceptors (Lipinski definition) is 7. The first-order chi connectivity index (χ1) is 16.2. The number of nitrogens with one attached hydrogen (secondary N) is 1. The highest BCUT2D eigenvalue weighted by atomic mass is 32.2. The molecular formula is C22H18F2N6O3S. The highest BCUT2D eigenvalue weighted by Crippen LogP contribution is 2.30. The quantitative estimate of drug-likeness (QED) is 0.433. The third kappa shape index (κ3) is 4.65. The standard InChI is InChI=1S/C22H18F2N6O3S/c1-13(2)4-6-16-11-26-22-27-12-19(28-30(16)22)14-8-18(21(33-3)25-10-14)29-34(31,32)20-7-5-15(23)9-17(20)24/h5,7-13,29H,1-3H3. The number of anilines is 1. The summed E-state index contributed by atoms with van der Waals surface area (Å²) >= 11 is 0. The van der Waals surface area contributed by atoms with Gasteiger partial charge in [0.25, 0.3) is 15.8 Å². The van der Waals surface area contributed by atoms with Gasteiger partial charge in [0.2, 0.25) is 5.88 Å². The van der Waals surface area contributed by atoms with Crippen LogP contribution in [0.1, 0.15) is 19.5 Å². The second-order valence-corrected chi connectivity index (χ2v) is 9.03. The monoisotopic (exact) mass is 484 g/mol. The van der Waals surface area contributed by atoms with E-state index in [0.29, 0.717) is 28.8 Å². The maximum Gasteiger partial charge on any atom is 0.264 e. The molecule has 0 spiro atoms. The predicted octanol–water partition coefficient (Wildman–Crippen LogP) is 3.28. The summed E-state index contributed by atoms with van der Waals surface area (Å²) in [6.45, 7) is 3.91. The van der Waals surface area contributed by atoms with Crippen LogP contribution in [0.25, 0.3) is 17.0 Å². The van der Waals surface area contributed by atoms with Crippen molar-refractivity contribution in [1.82, 2.24) is 24.6 Å². The lowest BCUT2D eigenvalue weighted by Crippen LogP contribution is -2.16. The number of rotatable bonds is 5. The van der Waals surface area contributed by atoms with E-state index in [1.165, 1.54) is 30.1 Å². The highest BCUT2D eigenvalue weighted by Gasteiger charge is 2.22. The van der Waals surface area contributed by atoms with Crippen molar-refractivity contribution >= 4 is 21.5 Å². The average Bonchev–Trinajstić information content (AvgIpc) is 3.19. The molecule has 174 valence electrons. The van der Waals surface area contributed by atoms with Crippen LogP contribution in [-0.2, 0) is 10.0 Å². The summed E-state index contributed by atoms with van der Waals surface area (Å²) in [7, 11) is -3.12. The van der Waals surface area contributed by atoms with Crippen LogP contribution in [0.15, 0.2) is 47.8 Å². The topological polar surface area (TPSA) is 111 Å². The maximum atomic E-state index is 14.1. The van der Waals surface area contributed by atoms with Crippen LogP contribution in [0.3, 0.4) is 0 Å². The molecule has 3 aromatic heterocycles. The van der Waals surface area contributed by atoms with Gasteiger partial charge in [-0.15, -0.1) is 0 Å². The maximum absolute atomic E-state index is 14.1. The van der Waals surface area contributed by atoms with Crippen LogP contribution in [0.4, 0.5) is 14.5 Å². The fourth-order valence-corrected chi connectivity index (χ4v) is 4.04. The number of methoxy groups -OCH3 is 1. The van der Waals surface area contributed by atoms with Crippen molar-refractivity contribution < 1.29 is 21.9 Å². The van der Waals surface area contributed by atoms with E-state index in [1.807, 2.05) is 13.8 Å². The molecule has 0 fully saturated rings. The Morgan fingerprint density at radius 2 is 1.85 bits per heavy atom. The van der Waals surface area contributed by atoms with Gasteiger partial charge in [-0.1, -0.05) is 19.8 Å². The zero-order valence-electron chi connectivity index (χ0n) is 18.2. The van der Waals surface area contributed by atoms with Crippen molar-refractivity contribution in [2.75, 3.05) is 11.8 Å². The zero-order valence-corrected chi connectivity index (χ0v) is 19.1. The number of imidazole rings is 1. The molecule has 0 unspecified atom stereocenters. The number of fused-ring (bicyclic) bond motifs is 1. The fraction of sp³-hybridized carbons (Fsp3) is 0.182. The van der Waals surface area contributed by atoms with Crippen molar-refractivity contribution in [3.8, 4) is 29.0 Å². The van der Waals surface area contributed by atoms with Crippen LogP contribution >= 0.6 is 0 Å². The summed E-state index contributed by atoms with van der Waals surface area (Å²) < 4.78 is 61.6. The lowest BCUT2D eigenvalue weighted by atomic mass is 10.2. The van der Waals surface area contributed by atoms with Crippen LogP contribution in [-0.4, -0.2) is 40.1 Å². The number of nitrogens with zero attached hydrogens (tertiary/aromatic N) is 5. The Labute approximate surface area is 193 Å². The van der Waals surface area contributed by atoms with Gasteiger partial charge in [0.1, 0.15) is 33.6 Å². The molecule has 34 heavy (non-hydrogen) atoms. The summed E-state index contributed by atoms with van der Waals surface area (Å²) in [6.07, 6.45) is 4.42. The van der Waals surface area contributed by atoms with E-state index in [2.05, 4.69) is 36.6 Å². The molecule has 0 bridgehead atoms. The molecule has 0 aliphatic rings. The molecule has 4 rings (SSSR count). The first-order valence-corrected chi connectivity index (χ1v) is 11.4.